The highest BCUT2D eigenvalue weighted by Crippen LogP contribution is 2.28. The zero-order valence-electron chi connectivity index (χ0n) is 12.0. The minimum Gasteiger partial charge on any atom is -0.329 e. The fraction of sp³-hybridized carbons (Fsp3) is 0.312. The molecule has 0 bridgehead atoms. The van der Waals surface area contributed by atoms with E-state index in [1.54, 1.807) is 24.5 Å². The molecule has 1 atom stereocenters. The van der Waals surface area contributed by atoms with Crippen LogP contribution in [0.4, 0.5) is 4.39 Å². The van der Waals surface area contributed by atoms with Gasteiger partial charge in [-0.1, -0.05) is 17.7 Å². The van der Waals surface area contributed by atoms with Crippen LogP contribution in [-0.4, -0.2) is 30.0 Å². The van der Waals surface area contributed by atoms with Crippen LogP contribution >= 0.6 is 11.6 Å². The fourth-order valence-electron chi connectivity index (χ4n) is 2.36. The lowest BCUT2D eigenvalue weighted by Crippen LogP contribution is -2.33. The fourth-order valence-corrected chi connectivity index (χ4v) is 2.65. The molecular weight excluding hydrogens is 289 g/mol. The van der Waals surface area contributed by atoms with Crippen molar-refractivity contribution in [2.45, 2.75) is 12.5 Å². The second kappa shape index (κ2) is 7.50. The Hall–Kier alpha value is -1.49. The maximum absolute atomic E-state index is 14.0. The molecule has 1 aromatic carbocycles. The van der Waals surface area contributed by atoms with Crippen molar-refractivity contribution in [3.8, 4) is 0 Å². The normalized spacial score (nSPS) is 12.6. The Morgan fingerprint density at radius 1 is 1.29 bits per heavy atom. The minimum atomic E-state index is -0.311. The van der Waals surface area contributed by atoms with Gasteiger partial charge in [-0.2, -0.15) is 0 Å². The Morgan fingerprint density at radius 3 is 2.62 bits per heavy atom. The number of nitrogens with zero attached hydrogens (tertiary/aromatic N) is 2. The summed E-state index contributed by atoms with van der Waals surface area (Å²) in [6, 6.07) is 8.43. The molecular formula is C16H19ClFN3. The SMILES string of the molecule is CN(CCc1ccncc1)C(CN)c1c(F)cccc1Cl. The first-order valence-electron chi connectivity index (χ1n) is 6.86. The summed E-state index contributed by atoms with van der Waals surface area (Å²) in [6.07, 6.45) is 4.38. The molecule has 2 rings (SSSR count). The smallest absolute Gasteiger partial charge is 0.129 e. The number of likely N-dealkylation sites (N-methyl/N-ethyl adjacent to an activating group) is 1. The van der Waals surface area contributed by atoms with Crippen LogP contribution in [0.5, 0.6) is 0 Å². The molecule has 1 heterocycles. The van der Waals surface area contributed by atoms with E-state index in [-0.39, 0.29) is 11.9 Å². The van der Waals surface area contributed by atoms with Gasteiger partial charge in [0, 0.05) is 36.1 Å². The van der Waals surface area contributed by atoms with Crippen LogP contribution in [0.15, 0.2) is 42.7 Å². The average molecular weight is 308 g/mol. The summed E-state index contributed by atoms with van der Waals surface area (Å²) >= 11 is 6.13. The third kappa shape index (κ3) is 4.00. The van der Waals surface area contributed by atoms with Gasteiger partial charge >= 0.3 is 0 Å². The average Bonchev–Trinajstić information content (AvgIpc) is 2.50. The summed E-state index contributed by atoms with van der Waals surface area (Å²) in [6.45, 7) is 1.07. The molecule has 0 amide bonds. The molecule has 0 saturated heterocycles. The number of aromatic nitrogens is 1. The van der Waals surface area contributed by atoms with Crippen LogP contribution in [0.2, 0.25) is 5.02 Å². The highest BCUT2D eigenvalue weighted by Gasteiger charge is 2.21. The van der Waals surface area contributed by atoms with Gasteiger partial charge in [-0.25, -0.2) is 4.39 Å². The summed E-state index contributed by atoms with van der Waals surface area (Å²) < 4.78 is 14.0. The van der Waals surface area contributed by atoms with E-state index in [1.807, 2.05) is 24.1 Å². The predicted molar refractivity (Wildman–Crippen MR) is 83.8 cm³/mol. The first-order valence-corrected chi connectivity index (χ1v) is 7.24. The van der Waals surface area contributed by atoms with Crippen molar-refractivity contribution in [3.05, 3.63) is 64.7 Å². The van der Waals surface area contributed by atoms with Gasteiger partial charge in [-0.15, -0.1) is 0 Å². The van der Waals surface area contributed by atoms with E-state index in [4.69, 9.17) is 17.3 Å². The van der Waals surface area contributed by atoms with E-state index >= 15 is 0 Å². The molecule has 5 heteroatoms. The second-order valence-electron chi connectivity index (χ2n) is 4.97. The monoisotopic (exact) mass is 307 g/mol. The third-order valence-corrected chi connectivity index (χ3v) is 3.92. The molecule has 0 fully saturated rings. The Balaban J connectivity index is 2.10. The number of rotatable bonds is 6. The van der Waals surface area contributed by atoms with Gasteiger partial charge in [0.1, 0.15) is 5.82 Å². The van der Waals surface area contributed by atoms with Crippen molar-refractivity contribution < 1.29 is 4.39 Å². The lowest BCUT2D eigenvalue weighted by Gasteiger charge is -2.28. The Labute approximate surface area is 129 Å². The maximum atomic E-state index is 14.0. The maximum Gasteiger partial charge on any atom is 0.129 e. The van der Waals surface area contributed by atoms with Crippen LogP contribution in [0, 0.1) is 5.82 Å². The van der Waals surface area contributed by atoms with Crippen LogP contribution in [-0.2, 0) is 6.42 Å². The van der Waals surface area contributed by atoms with Crippen LogP contribution in [0.25, 0.3) is 0 Å². The highest BCUT2D eigenvalue weighted by atomic mass is 35.5. The zero-order chi connectivity index (χ0) is 15.2. The van der Waals surface area contributed by atoms with Crippen molar-refractivity contribution in [2.24, 2.45) is 5.73 Å². The van der Waals surface area contributed by atoms with Crippen molar-refractivity contribution in [3.63, 3.8) is 0 Å². The van der Waals surface area contributed by atoms with E-state index in [0.717, 1.165) is 13.0 Å². The molecule has 0 aliphatic rings. The number of benzene rings is 1. The number of hydrogen-bond donors (Lipinski definition) is 1. The van der Waals surface area contributed by atoms with E-state index in [1.165, 1.54) is 11.6 Å². The first-order chi connectivity index (χ1) is 10.1. The first kappa shape index (κ1) is 15.9. The molecule has 21 heavy (non-hydrogen) atoms. The van der Waals surface area contributed by atoms with Gasteiger partial charge in [0.15, 0.2) is 0 Å². The Bertz CT molecular complexity index is 557. The van der Waals surface area contributed by atoms with Gasteiger partial charge in [-0.3, -0.25) is 9.88 Å². The number of nitrogens with two attached hydrogens (primary N) is 1. The second-order valence-corrected chi connectivity index (χ2v) is 5.38. The van der Waals surface area contributed by atoms with E-state index < -0.39 is 0 Å². The summed E-state index contributed by atoms with van der Waals surface area (Å²) in [5.74, 6) is -0.311. The molecule has 2 aromatic rings. The van der Waals surface area contributed by atoms with E-state index in [2.05, 4.69) is 4.98 Å². The quantitative estimate of drug-likeness (QED) is 0.892. The molecule has 0 saturated carbocycles. The van der Waals surface area contributed by atoms with Gasteiger partial charge in [0.25, 0.3) is 0 Å². The standard InChI is InChI=1S/C16H19ClFN3/c1-21(10-7-12-5-8-20-9-6-12)15(11-19)16-13(17)3-2-4-14(16)18/h2-6,8-9,15H,7,10-11,19H2,1H3. The summed E-state index contributed by atoms with van der Waals surface area (Å²) in [5, 5.41) is 0.418. The van der Waals surface area contributed by atoms with Crippen LogP contribution in [0.3, 0.4) is 0 Å². The highest BCUT2D eigenvalue weighted by molar-refractivity contribution is 6.31. The van der Waals surface area contributed by atoms with Crippen molar-refractivity contribution in [1.82, 2.24) is 9.88 Å². The molecule has 0 radical (unpaired) electrons. The van der Waals surface area contributed by atoms with Crippen LogP contribution < -0.4 is 5.73 Å². The van der Waals surface area contributed by atoms with Gasteiger partial charge in [-0.05, 0) is 43.3 Å². The summed E-state index contributed by atoms with van der Waals surface area (Å²) in [5.41, 5.74) is 7.49. The molecule has 0 spiro atoms. The summed E-state index contributed by atoms with van der Waals surface area (Å²) in [4.78, 5) is 6.03. The van der Waals surface area contributed by atoms with Crippen LogP contribution in [0.1, 0.15) is 17.2 Å². The molecule has 112 valence electrons. The van der Waals surface area contributed by atoms with E-state index in [9.17, 15) is 4.39 Å². The molecule has 0 aliphatic carbocycles. The lowest BCUT2D eigenvalue weighted by molar-refractivity contribution is 0.248. The zero-order valence-corrected chi connectivity index (χ0v) is 12.7. The third-order valence-electron chi connectivity index (χ3n) is 3.59. The molecule has 3 nitrogen and oxygen atoms in total. The molecule has 0 aliphatic heterocycles. The van der Waals surface area contributed by atoms with Gasteiger partial charge in [0.05, 0.1) is 6.04 Å². The van der Waals surface area contributed by atoms with Gasteiger partial charge in [0.2, 0.25) is 0 Å². The number of pyridine rings is 1. The molecule has 2 N–H and O–H groups in total. The minimum absolute atomic E-state index is 0.236. The number of hydrogen-bond acceptors (Lipinski definition) is 3. The van der Waals surface area contributed by atoms with Crippen molar-refractivity contribution >= 4 is 11.6 Å². The lowest BCUT2D eigenvalue weighted by atomic mass is 10.0. The number of halogens is 2. The largest absolute Gasteiger partial charge is 0.329 e. The Kier molecular flexibility index (Phi) is 5.67. The molecule has 1 unspecified atom stereocenters. The van der Waals surface area contributed by atoms with Crippen molar-refractivity contribution in [1.29, 1.82) is 0 Å². The summed E-state index contributed by atoms with van der Waals surface area (Å²) in [7, 11) is 1.93. The predicted octanol–water partition coefficient (Wildman–Crippen LogP) is 3.05. The Morgan fingerprint density at radius 2 is 2.00 bits per heavy atom. The topological polar surface area (TPSA) is 42.2 Å². The molecule has 1 aromatic heterocycles. The van der Waals surface area contributed by atoms with E-state index in [0.29, 0.717) is 17.1 Å². The van der Waals surface area contributed by atoms with Crippen molar-refractivity contribution in [2.75, 3.05) is 20.1 Å². The van der Waals surface area contributed by atoms with Gasteiger partial charge < -0.3 is 5.73 Å².